The second-order valence-electron chi connectivity index (χ2n) is 5.63. The van der Waals surface area contributed by atoms with Crippen molar-refractivity contribution in [1.29, 1.82) is 0 Å². The molecule has 4 nitrogen and oxygen atoms in total. The molecule has 0 aliphatic heterocycles. The van der Waals surface area contributed by atoms with Crippen molar-refractivity contribution in [2.24, 2.45) is 11.8 Å². The highest BCUT2D eigenvalue weighted by atomic mass is 32.1. The van der Waals surface area contributed by atoms with Gasteiger partial charge >= 0.3 is 10.8 Å². The SMILES string of the molecule is CC(C)C1CCc2c(sc(=O)n2CCCC(=O)O)C1. The van der Waals surface area contributed by atoms with E-state index in [1.54, 1.807) is 4.57 Å². The molecular weight excluding hydrogens is 262 g/mol. The lowest BCUT2D eigenvalue weighted by molar-refractivity contribution is -0.137. The molecule has 1 heterocycles. The van der Waals surface area contributed by atoms with E-state index < -0.39 is 5.97 Å². The lowest BCUT2D eigenvalue weighted by Crippen LogP contribution is -2.22. The molecule has 1 unspecified atom stereocenters. The van der Waals surface area contributed by atoms with Crippen LogP contribution in [0, 0.1) is 11.8 Å². The molecular formula is C14H21NO3S. The van der Waals surface area contributed by atoms with Gasteiger partial charge in [-0.15, -0.1) is 0 Å². The van der Waals surface area contributed by atoms with Crippen LogP contribution in [0.2, 0.25) is 0 Å². The summed E-state index contributed by atoms with van der Waals surface area (Å²) in [4.78, 5) is 23.8. The van der Waals surface area contributed by atoms with Gasteiger partial charge < -0.3 is 9.67 Å². The predicted molar refractivity (Wildman–Crippen MR) is 75.8 cm³/mol. The Morgan fingerprint density at radius 3 is 2.89 bits per heavy atom. The summed E-state index contributed by atoms with van der Waals surface area (Å²) in [6.45, 7) is 5.02. The van der Waals surface area contributed by atoms with Crippen LogP contribution in [0.25, 0.3) is 0 Å². The van der Waals surface area contributed by atoms with Crippen molar-refractivity contribution in [1.82, 2.24) is 4.57 Å². The van der Waals surface area contributed by atoms with Crippen molar-refractivity contribution >= 4 is 17.3 Å². The Hall–Kier alpha value is -1.10. The number of aromatic nitrogens is 1. The van der Waals surface area contributed by atoms with Gasteiger partial charge in [0, 0.05) is 23.5 Å². The molecule has 0 fully saturated rings. The molecule has 1 aliphatic carbocycles. The van der Waals surface area contributed by atoms with Crippen LogP contribution in [0.15, 0.2) is 4.79 Å². The molecule has 106 valence electrons. The summed E-state index contributed by atoms with van der Waals surface area (Å²) in [6.07, 6.45) is 3.78. The van der Waals surface area contributed by atoms with E-state index in [-0.39, 0.29) is 11.3 Å². The summed E-state index contributed by atoms with van der Waals surface area (Å²) >= 11 is 1.36. The summed E-state index contributed by atoms with van der Waals surface area (Å²) in [5.41, 5.74) is 1.16. The molecule has 0 radical (unpaired) electrons. The zero-order chi connectivity index (χ0) is 14.0. The highest BCUT2D eigenvalue weighted by Gasteiger charge is 2.25. The highest BCUT2D eigenvalue weighted by molar-refractivity contribution is 7.09. The van der Waals surface area contributed by atoms with Crippen LogP contribution in [0.1, 0.15) is 43.7 Å². The van der Waals surface area contributed by atoms with E-state index in [0.29, 0.717) is 24.8 Å². The van der Waals surface area contributed by atoms with Gasteiger partial charge in [0.2, 0.25) is 0 Å². The average Bonchev–Trinajstić information content (AvgIpc) is 2.64. The molecule has 0 saturated heterocycles. The van der Waals surface area contributed by atoms with Gasteiger partial charge in [-0.2, -0.15) is 0 Å². The Balaban J connectivity index is 2.11. The van der Waals surface area contributed by atoms with Crippen LogP contribution in [0.3, 0.4) is 0 Å². The molecule has 1 aromatic heterocycles. The van der Waals surface area contributed by atoms with Crippen molar-refractivity contribution < 1.29 is 9.90 Å². The molecule has 2 rings (SSSR count). The Kier molecular flexibility index (Phi) is 4.45. The van der Waals surface area contributed by atoms with Crippen molar-refractivity contribution in [2.45, 2.75) is 52.5 Å². The number of hydrogen-bond acceptors (Lipinski definition) is 3. The zero-order valence-electron chi connectivity index (χ0n) is 11.5. The number of carbonyl (C=O) groups is 1. The summed E-state index contributed by atoms with van der Waals surface area (Å²) in [7, 11) is 0. The van der Waals surface area contributed by atoms with E-state index in [4.69, 9.17) is 5.11 Å². The van der Waals surface area contributed by atoms with E-state index >= 15 is 0 Å². The van der Waals surface area contributed by atoms with Crippen LogP contribution in [0.5, 0.6) is 0 Å². The lowest BCUT2D eigenvalue weighted by Gasteiger charge is -2.25. The Morgan fingerprint density at radius 2 is 2.26 bits per heavy atom. The van der Waals surface area contributed by atoms with Gasteiger partial charge in [-0.1, -0.05) is 25.2 Å². The third kappa shape index (κ3) is 3.26. The first-order chi connectivity index (χ1) is 8.99. The largest absolute Gasteiger partial charge is 0.481 e. The molecule has 0 aromatic carbocycles. The zero-order valence-corrected chi connectivity index (χ0v) is 12.3. The fraction of sp³-hybridized carbons (Fsp3) is 0.714. The van der Waals surface area contributed by atoms with Gasteiger partial charge in [0.25, 0.3) is 0 Å². The van der Waals surface area contributed by atoms with Gasteiger partial charge in [0.15, 0.2) is 0 Å². The van der Waals surface area contributed by atoms with Crippen LogP contribution < -0.4 is 4.87 Å². The Bertz CT molecular complexity index is 515. The third-order valence-corrected chi connectivity index (χ3v) is 5.04. The van der Waals surface area contributed by atoms with E-state index in [1.165, 1.54) is 16.2 Å². The molecule has 0 spiro atoms. The molecule has 0 saturated carbocycles. The normalized spacial score (nSPS) is 18.6. The van der Waals surface area contributed by atoms with Crippen molar-refractivity contribution in [3.05, 3.63) is 20.2 Å². The lowest BCUT2D eigenvalue weighted by atomic mass is 9.83. The first-order valence-electron chi connectivity index (χ1n) is 6.92. The quantitative estimate of drug-likeness (QED) is 0.903. The molecule has 1 aromatic rings. The molecule has 1 atom stereocenters. The maximum atomic E-state index is 12.0. The van der Waals surface area contributed by atoms with E-state index in [9.17, 15) is 9.59 Å². The Labute approximate surface area is 117 Å². The first kappa shape index (κ1) is 14.3. The van der Waals surface area contributed by atoms with Gasteiger partial charge in [0.05, 0.1) is 0 Å². The molecule has 0 bridgehead atoms. The second kappa shape index (κ2) is 5.90. The van der Waals surface area contributed by atoms with Crippen molar-refractivity contribution in [2.75, 3.05) is 0 Å². The van der Waals surface area contributed by atoms with E-state index in [0.717, 1.165) is 25.0 Å². The maximum Gasteiger partial charge on any atom is 0.307 e. The maximum absolute atomic E-state index is 12.0. The van der Waals surface area contributed by atoms with Crippen molar-refractivity contribution in [3.63, 3.8) is 0 Å². The van der Waals surface area contributed by atoms with E-state index in [1.807, 2.05) is 0 Å². The monoisotopic (exact) mass is 283 g/mol. The van der Waals surface area contributed by atoms with Gasteiger partial charge in [-0.25, -0.2) is 0 Å². The number of rotatable bonds is 5. The van der Waals surface area contributed by atoms with Crippen LogP contribution in [0.4, 0.5) is 0 Å². The average molecular weight is 283 g/mol. The first-order valence-corrected chi connectivity index (χ1v) is 7.74. The number of thiazole rings is 1. The fourth-order valence-electron chi connectivity index (χ4n) is 2.76. The highest BCUT2D eigenvalue weighted by Crippen LogP contribution is 2.31. The number of fused-ring (bicyclic) bond motifs is 1. The molecule has 1 N–H and O–H groups in total. The Morgan fingerprint density at radius 1 is 1.53 bits per heavy atom. The van der Waals surface area contributed by atoms with Gasteiger partial charge in [-0.3, -0.25) is 9.59 Å². The number of nitrogens with zero attached hydrogens (tertiary/aromatic N) is 1. The minimum atomic E-state index is -0.794. The van der Waals surface area contributed by atoms with Gasteiger partial charge in [-0.05, 0) is 37.5 Å². The topological polar surface area (TPSA) is 59.3 Å². The summed E-state index contributed by atoms with van der Waals surface area (Å²) in [6, 6.07) is 0. The summed E-state index contributed by atoms with van der Waals surface area (Å²) < 4.78 is 1.81. The minimum absolute atomic E-state index is 0.0831. The number of aliphatic carboxylic acids is 1. The minimum Gasteiger partial charge on any atom is -0.481 e. The third-order valence-electron chi connectivity index (χ3n) is 3.99. The fourth-order valence-corrected chi connectivity index (χ4v) is 3.91. The van der Waals surface area contributed by atoms with Crippen molar-refractivity contribution in [3.8, 4) is 0 Å². The van der Waals surface area contributed by atoms with Gasteiger partial charge in [0.1, 0.15) is 0 Å². The van der Waals surface area contributed by atoms with Crippen LogP contribution in [-0.4, -0.2) is 15.6 Å². The van der Waals surface area contributed by atoms with E-state index in [2.05, 4.69) is 13.8 Å². The number of carboxylic acids is 1. The summed E-state index contributed by atoms with van der Waals surface area (Å²) in [5, 5.41) is 8.66. The number of hydrogen-bond donors (Lipinski definition) is 1. The predicted octanol–water partition coefficient (Wildman–Crippen LogP) is 2.54. The van der Waals surface area contributed by atoms with Crippen LogP contribution in [-0.2, 0) is 24.2 Å². The molecule has 19 heavy (non-hydrogen) atoms. The molecule has 1 aliphatic rings. The molecule has 5 heteroatoms. The summed E-state index contributed by atoms with van der Waals surface area (Å²) in [5.74, 6) is 0.542. The molecule has 0 amide bonds. The smallest absolute Gasteiger partial charge is 0.307 e. The standard InChI is InChI=1S/C14H21NO3S/c1-9(2)10-5-6-11-12(8-10)19-14(18)15(11)7-3-4-13(16)17/h9-10H,3-8H2,1-2H3,(H,16,17). The van der Waals surface area contributed by atoms with Crippen LogP contribution >= 0.6 is 11.3 Å². The second-order valence-corrected chi connectivity index (χ2v) is 6.68. The number of carboxylic acid groups (broad SMARTS) is 1.